The van der Waals surface area contributed by atoms with Crippen LogP contribution in [0.1, 0.15) is 11.3 Å². The Labute approximate surface area is 101 Å². The van der Waals surface area contributed by atoms with Crippen molar-refractivity contribution >= 4 is 0 Å². The Kier molecular flexibility index (Phi) is 3.28. The molecule has 0 fully saturated rings. The minimum atomic E-state index is -4.41. The van der Waals surface area contributed by atoms with Gasteiger partial charge < -0.3 is 5.32 Å². The highest BCUT2D eigenvalue weighted by Crippen LogP contribution is 2.28. The Hall–Kier alpha value is -1.96. The van der Waals surface area contributed by atoms with E-state index < -0.39 is 11.7 Å². The average molecular weight is 257 g/mol. The van der Waals surface area contributed by atoms with Gasteiger partial charge in [0.25, 0.3) is 0 Å². The fraction of sp³-hybridized carbons (Fsp3) is 0.300. The fourth-order valence-electron chi connectivity index (χ4n) is 1.37. The predicted octanol–water partition coefficient (Wildman–Crippen LogP) is 1.40. The van der Waals surface area contributed by atoms with Crippen LogP contribution in [0.5, 0.6) is 0 Å². The van der Waals surface area contributed by atoms with Gasteiger partial charge in [-0.15, -0.1) is 0 Å². The van der Waals surface area contributed by atoms with Crippen LogP contribution >= 0.6 is 0 Å². The summed E-state index contributed by atoms with van der Waals surface area (Å²) in [7, 11) is 1.74. The smallest absolute Gasteiger partial charge is 0.314 e. The van der Waals surface area contributed by atoms with E-state index in [2.05, 4.69) is 20.4 Å². The lowest BCUT2D eigenvalue weighted by molar-refractivity contribution is -0.137. The van der Waals surface area contributed by atoms with Crippen LogP contribution in [0.3, 0.4) is 0 Å². The Morgan fingerprint density at radius 2 is 2.06 bits per heavy atom. The SMILES string of the molecule is CNCc1cncc(-n2cc(C(F)(F)F)cn2)n1. The average Bonchev–Trinajstić information content (AvgIpc) is 2.78. The standard InChI is InChI=1S/C10H10F3N5/c1-14-3-8-4-15-5-9(17-8)18-6-7(2-16-18)10(11,12)13/h2,4-6,14H,3H2,1H3. The van der Waals surface area contributed by atoms with Crippen LogP contribution in [-0.2, 0) is 12.7 Å². The summed E-state index contributed by atoms with van der Waals surface area (Å²) in [6, 6.07) is 0. The molecule has 2 heterocycles. The molecule has 0 saturated heterocycles. The van der Waals surface area contributed by atoms with E-state index in [1.165, 1.54) is 12.4 Å². The molecule has 0 aromatic carbocycles. The summed E-state index contributed by atoms with van der Waals surface area (Å²) in [5, 5.41) is 6.51. The van der Waals surface area contributed by atoms with Gasteiger partial charge in [0.2, 0.25) is 0 Å². The molecule has 0 aliphatic heterocycles. The van der Waals surface area contributed by atoms with Gasteiger partial charge in [0, 0.05) is 18.9 Å². The molecule has 0 saturated carbocycles. The molecule has 0 amide bonds. The van der Waals surface area contributed by atoms with Gasteiger partial charge in [-0.2, -0.15) is 18.3 Å². The van der Waals surface area contributed by atoms with E-state index in [0.717, 1.165) is 17.1 Å². The van der Waals surface area contributed by atoms with Crippen molar-refractivity contribution < 1.29 is 13.2 Å². The Morgan fingerprint density at radius 1 is 1.28 bits per heavy atom. The number of aromatic nitrogens is 4. The minimum Gasteiger partial charge on any atom is -0.314 e. The van der Waals surface area contributed by atoms with E-state index in [0.29, 0.717) is 12.2 Å². The van der Waals surface area contributed by atoms with Gasteiger partial charge in [-0.25, -0.2) is 9.67 Å². The molecule has 18 heavy (non-hydrogen) atoms. The van der Waals surface area contributed by atoms with Crippen molar-refractivity contribution in [3.63, 3.8) is 0 Å². The van der Waals surface area contributed by atoms with E-state index in [1.807, 2.05) is 0 Å². The van der Waals surface area contributed by atoms with Gasteiger partial charge in [0.05, 0.1) is 23.7 Å². The molecule has 0 bridgehead atoms. The summed E-state index contributed by atoms with van der Waals surface area (Å²) in [6.07, 6.45) is 0.119. The van der Waals surface area contributed by atoms with Crippen molar-refractivity contribution in [2.24, 2.45) is 0 Å². The van der Waals surface area contributed by atoms with Crippen molar-refractivity contribution in [3.05, 3.63) is 36.0 Å². The molecule has 0 spiro atoms. The number of halogens is 3. The zero-order chi connectivity index (χ0) is 13.2. The minimum absolute atomic E-state index is 0.248. The van der Waals surface area contributed by atoms with Crippen molar-refractivity contribution in [3.8, 4) is 5.82 Å². The molecule has 5 nitrogen and oxygen atoms in total. The number of nitrogens with one attached hydrogen (secondary N) is 1. The largest absolute Gasteiger partial charge is 0.419 e. The molecule has 0 aliphatic carbocycles. The first-order valence-corrected chi connectivity index (χ1v) is 5.08. The number of hydrogen-bond donors (Lipinski definition) is 1. The zero-order valence-electron chi connectivity index (χ0n) is 9.44. The van der Waals surface area contributed by atoms with Gasteiger partial charge >= 0.3 is 6.18 Å². The van der Waals surface area contributed by atoms with Crippen LogP contribution in [0.15, 0.2) is 24.8 Å². The van der Waals surface area contributed by atoms with Gasteiger partial charge in [0.1, 0.15) is 0 Å². The van der Waals surface area contributed by atoms with Crippen molar-refractivity contribution in [2.45, 2.75) is 12.7 Å². The maximum atomic E-state index is 12.4. The number of alkyl halides is 3. The molecule has 2 aromatic rings. The van der Waals surface area contributed by atoms with Crippen molar-refractivity contribution in [1.29, 1.82) is 0 Å². The first-order valence-electron chi connectivity index (χ1n) is 5.08. The van der Waals surface area contributed by atoms with Crippen molar-refractivity contribution in [2.75, 3.05) is 7.05 Å². The molecule has 0 unspecified atom stereocenters. The quantitative estimate of drug-likeness (QED) is 0.903. The van der Waals surface area contributed by atoms with Crippen LogP contribution in [0, 0.1) is 0 Å². The Bertz CT molecular complexity index is 534. The second-order valence-electron chi connectivity index (χ2n) is 3.57. The van der Waals surface area contributed by atoms with Crippen LogP contribution < -0.4 is 5.32 Å². The monoisotopic (exact) mass is 257 g/mol. The molecule has 2 rings (SSSR count). The lowest BCUT2D eigenvalue weighted by atomic mass is 10.4. The molecule has 0 atom stereocenters. The molecule has 0 aliphatic rings. The highest BCUT2D eigenvalue weighted by atomic mass is 19.4. The fourth-order valence-corrected chi connectivity index (χ4v) is 1.37. The third-order valence-corrected chi connectivity index (χ3v) is 2.17. The van der Waals surface area contributed by atoms with Crippen LogP contribution in [0.2, 0.25) is 0 Å². The van der Waals surface area contributed by atoms with Crippen LogP contribution in [0.25, 0.3) is 5.82 Å². The first kappa shape index (κ1) is 12.5. The second-order valence-corrected chi connectivity index (χ2v) is 3.57. The second kappa shape index (κ2) is 4.73. The van der Waals surface area contributed by atoms with Gasteiger partial charge in [-0.3, -0.25) is 4.98 Å². The summed E-state index contributed by atoms with van der Waals surface area (Å²) in [5.74, 6) is 0.248. The highest BCUT2D eigenvalue weighted by Gasteiger charge is 2.32. The topological polar surface area (TPSA) is 55.6 Å². The van der Waals surface area contributed by atoms with Gasteiger partial charge in [0.15, 0.2) is 5.82 Å². The molecule has 96 valence electrons. The first-order chi connectivity index (χ1) is 8.50. The number of rotatable bonds is 3. The lowest BCUT2D eigenvalue weighted by Gasteiger charge is -2.03. The van der Waals surface area contributed by atoms with E-state index in [9.17, 15) is 13.2 Å². The maximum absolute atomic E-state index is 12.4. The maximum Gasteiger partial charge on any atom is 0.419 e. The summed E-state index contributed by atoms with van der Waals surface area (Å²) < 4.78 is 38.3. The normalized spacial score (nSPS) is 11.8. The summed E-state index contributed by atoms with van der Waals surface area (Å²) in [5.41, 5.74) is -0.192. The lowest BCUT2D eigenvalue weighted by Crippen LogP contribution is -2.09. The molecular formula is C10H10F3N5. The Morgan fingerprint density at radius 3 is 2.67 bits per heavy atom. The van der Waals surface area contributed by atoms with E-state index in [1.54, 1.807) is 7.05 Å². The number of hydrogen-bond acceptors (Lipinski definition) is 4. The highest BCUT2D eigenvalue weighted by molar-refractivity contribution is 5.21. The van der Waals surface area contributed by atoms with E-state index >= 15 is 0 Å². The summed E-state index contributed by atoms with van der Waals surface area (Å²) in [4.78, 5) is 8.04. The molecule has 8 heteroatoms. The van der Waals surface area contributed by atoms with Crippen LogP contribution in [0.4, 0.5) is 13.2 Å². The third kappa shape index (κ3) is 2.65. The molecule has 0 radical (unpaired) electrons. The Balaban J connectivity index is 2.31. The number of nitrogens with zero attached hydrogens (tertiary/aromatic N) is 4. The van der Waals surface area contributed by atoms with E-state index in [4.69, 9.17) is 0 Å². The van der Waals surface area contributed by atoms with Gasteiger partial charge in [-0.1, -0.05) is 0 Å². The summed E-state index contributed by atoms with van der Waals surface area (Å²) in [6.45, 7) is 0.480. The molecular weight excluding hydrogens is 247 g/mol. The molecule has 1 N–H and O–H groups in total. The van der Waals surface area contributed by atoms with E-state index in [-0.39, 0.29) is 5.82 Å². The zero-order valence-corrected chi connectivity index (χ0v) is 9.44. The van der Waals surface area contributed by atoms with Gasteiger partial charge in [-0.05, 0) is 7.05 Å². The van der Waals surface area contributed by atoms with Crippen molar-refractivity contribution in [1.82, 2.24) is 25.1 Å². The molecule has 2 aromatic heterocycles. The third-order valence-electron chi connectivity index (χ3n) is 2.17. The summed E-state index contributed by atoms with van der Waals surface area (Å²) >= 11 is 0. The predicted molar refractivity (Wildman–Crippen MR) is 56.9 cm³/mol. The van der Waals surface area contributed by atoms with Crippen LogP contribution in [-0.4, -0.2) is 26.8 Å².